The number of unbranched alkanes of at least 4 members (excludes halogenated alkanes) is 9. The maximum Gasteiger partial charge on any atom is 0.303 e. The molecule has 0 aliphatic heterocycles. The molecule has 0 rings (SSSR count). The summed E-state index contributed by atoms with van der Waals surface area (Å²) in [5, 5.41) is 8.73. The summed E-state index contributed by atoms with van der Waals surface area (Å²) in [7, 11) is 0. The first-order valence-electron chi connectivity index (χ1n) is 9.07. The molecule has 0 aromatic heterocycles. The molecule has 0 heterocycles. The fourth-order valence-corrected chi connectivity index (χ4v) is 3.19. The van der Waals surface area contributed by atoms with Crippen molar-refractivity contribution < 1.29 is 9.90 Å². The van der Waals surface area contributed by atoms with Crippen LogP contribution < -0.4 is 0 Å². The van der Waals surface area contributed by atoms with E-state index in [9.17, 15) is 4.79 Å². The molecule has 2 atom stereocenters. The number of carbonyl (C=O) groups is 1. The van der Waals surface area contributed by atoms with E-state index in [1.54, 1.807) is 0 Å². The van der Waals surface area contributed by atoms with Crippen LogP contribution in [0.2, 0.25) is 0 Å². The third-order valence-corrected chi connectivity index (χ3v) is 5.27. The number of hydrogen-bond donors (Lipinski definition) is 1. The van der Waals surface area contributed by atoms with Gasteiger partial charge in [-0.25, -0.2) is 0 Å². The lowest BCUT2D eigenvalue weighted by Gasteiger charge is -2.16. The molecule has 0 aromatic carbocycles. The minimum Gasteiger partial charge on any atom is -0.481 e. The Labute approximate surface area is 147 Å². The van der Waals surface area contributed by atoms with Crippen LogP contribution in [0.5, 0.6) is 0 Å². The van der Waals surface area contributed by atoms with Gasteiger partial charge in [-0.05, 0) is 19.3 Å². The van der Waals surface area contributed by atoms with E-state index in [0.717, 1.165) is 44.9 Å². The summed E-state index contributed by atoms with van der Waals surface area (Å²) in [5.41, 5.74) is 0. The maximum atomic E-state index is 10.4. The van der Waals surface area contributed by atoms with Gasteiger partial charge in [0.05, 0.1) is 0 Å². The highest BCUT2D eigenvalue weighted by Crippen LogP contribution is 2.23. The summed E-state index contributed by atoms with van der Waals surface area (Å²) in [6.45, 7) is 2.24. The summed E-state index contributed by atoms with van der Waals surface area (Å²) >= 11 is 12.7. The number of rotatable bonds is 16. The summed E-state index contributed by atoms with van der Waals surface area (Å²) in [5.74, 6) is -0.694. The average molecular weight is 353 g/mol. The molecule has 0 saturated heterocycles. The van der Waals surface area contributed by atoms with E-state index >= 15 is 0 Å². The van der Waals surface area contributed by atoms with E-state index in [1.807, 2.05) is 0 Å². The van der Waals surface area contributed by atoms with Gasteiger partial charge in [0.1, 0.15) is 0 Å². The van der Waals surface area contributed by atoms with Gasteiger partial charge >= 0.3 is 5.97 Å². The Bertz CT molecular complexity index is 259. The zero-order chi connectivity index (χ0) is 16.6. The minimum absolute atomic E-state index is 0.0799. The van der Waals surface area contributed by atoms with E-state index in [4.69, 9.17) is 28.3 Å². The minimum atomic E-state index is -0.694. The lowest BCUT2D eigenvalue weighted by molar-refractivity contribution is -0.137. The summed E-state index contributed by atoms with van der Waals surface area (Å²) in [4.78, 5) is 10.4. The fraction of sp³-hybridized carbons (Fsp3) is 0.944. The normalized spacial score (nSPS) is 14.0. The number of hydrogen-bond acceptors (Lipinski definition) is 1. The lowest BCUT2D eigenvalue weighted by Crippen LogP contribution is -2.14. The number of halogens is 2. The van der Waals surface area contributed by atoms with E-state index in [-0.39, 0.29) is 10.8 Å². The van der Waals surface area contributed by atoms with Crippen LogP contribution in [-0.2, 0) is 4.79 Å². The molecule has 0 fully saturated rings. The average Bonchev–Trinajstić information content (AvgIpc) is 2.49. The van der Waals surface area contributed by atoms with Gasteiger partial charge in [0, 0.05) is 17.2 Å². The van der Waals surface area contributed by atoms with Crippen molar-refractivity contribution in [1.29, 1.82) is 0 Å². The third kappa shape index (κ3) is 15.0. The van der Waals surface area contributed by atoms with Gasteiger partial charge in [-0.1, -0.05) is 71.1 Å². The molecule has 0 spiro atoms. The summed E-state index contributed by atoms with van der Waals surface area (Å²) < 4.78 is 0. The van der Waals surface area contributed by atoms with Crippen LogP contribution >= 0.6 is 23.2 Å². The molecule has 0 amide bonds. The van der Waals surface area contributed by atoms with Crippen molar-refractivity contribution in [3.63, 3.8) is 0 Å². The van der Waals surface area contributed by atoms with Gasteiger partial charge in [0.15, 0.2) is 0 Å². The predicted molar refractivity (Wildman–Crippen MR) is 97.2 cm³/mol. The van der Waals surface area contributed by atoms with Crippen LogP contribution in [-0.4, -0.2) is 21.8 Å². The first-order valence-corrected chi connectivity index (χ1v) is 9.95. The van der Waals surface area contributed by atoms with Crippen molar-refractivity contribution in [3.05, 3.63) is 0 Å². The van der Waals surface area contributed by atoms with Crippen LogP contribution in [0.25, 0.3) is 0 Å². The molecule has 0 unspecified atom stereocenters. The van der Waals surface area contributed by atoms with E-state index < -0.39 is 5.97 Å². The molecular formula is C18H34Cl2O2. The number of carboxylic acids is 1. The van der Waals surface area contributed by atoms with Crippen molar-refractivity contribution in [3.8, 4) is 0 Å². The van der Waals surface area contributed by atoms with Gasteiger partial charge in [0.2, 0.25) is 0 Å². The highest BCUT2D eigenvalue weighted by Gasteiger charge is 2.15. The predicted octanol–water partition coefficient (Wildman–Crippen LogP) is 6.77. The smallest absolute Gasteiger partial charge is 0.303 e. The van der Waals surface area contributed by atoms with Crippen LogP contribution in [0.1, 0.15) is 96.8 Å². The molecule has 2 nitrogen and oxygen atoms in total. The molecule has 0 aromatic rings. The Hall–Kier alpha value is 0.0500. The molecule has 0 aliphatic carbocycles. The molecule has 1 N–H and O–H groups in total. The standard InChI is InChI=1S/C18H34Cl2O2/c1-2-3-4-5-7-10-13-16(19)17(20)14-11-8-6-9-12-15-18(21)22/h16-17H,2-15H2,1H3,(H,21,22)/t16-,17-/m1/s1. The topological polar surface area (TPSA) is 37.3 Å². The number of aliphatic carboxylic acids is 1. The van der Waals surface area contributed by atoms with Crippen LogP contribution in [0.4, 0.5) is 0 Å². The van der Waals surface area contributed by atoms with Crippen LogP contribution in [0.3, 0.4) is 0 Å². The second-order valence-corrected chi connectivity index (χ2v) is 7.41. The fourth-order valence-electron chi connectivity index (χ4n) is 2.63. The van der Waals surface area contributed by atoms with Gasteiger partial charge in [-0.2, -0.15) is 0 Å². The largest absolute Gasteiger partial charge is 0.481 e. The van der Waals surface area contributed by atoms with Crippen molar-refractivity contribution in [2.45, 2.75) is 108 Å². The summed E-state index contributed by atoms with van der Waals surface area (Å²) in [6, 6.07) is 0. The summed E-state index contributed by atoms with van der Waals surface area (Å²) in [6.07, 6.45) is 15.2. The maximum absolute atomic E-state index is 10.4. The molecule has 0 bridgehead atoms. The molecular weight excluding hydrogens is 319 g/mol. The van der Waals surface area contributed by atoms with Gasteiger partial charge in [-0.15, -0.1) is 23.2 Å². The van der Waals surface area contributed by atoms with E-state index in [1.165, 1.54) is 38.5 Å². The van der Waals surface area contributed by atoms with E-state index in [0.29, 0.717) is 6.42 Å². The Morgan fingerprint density at radius 1 is 0.773 bits per heavy atom. The van der Waals surface area contributed by atoms with Crippen molar-refractivity contribution in [2.75, 3.05) is 0 Å². The van der Waals surface area contributed by atoms with Gasteiger partial charge in [-0.3, -0.25) is 4.79 Å². The van der Waals surface area contributed by atoms with Crippen LogP contribution in [0, 0.1) is 0 Å². The van der Waals surface area contributed by atoms with Crippen molar-refractivity contribution >= 4 is 29.2 Å². The Balaban J connectivity index is 3.38. The highest BCUT2D eigenvalue weighted by molar-refractivity contribution is 6.29. The lowest BCUT2D eigenvalue weighted by atomic mass is 10.0. The number of alkyl halides is 2. The molecule has 0 radical (unpaired) electrons. The quantitative estimate of drug-likeness (QED) is 0.246. The van der Waals surface area contributed by atoms with Gasteiger partial charge < -0.3 is 5.11 Å². The monoisotopic (exact) mass is 352 g/mol. The third-order valence-electron chi connectivity index (χ3n) is 4.10. The molecule has 22 heavy (non-hydrogen) atoms. The number of carboxylic acid groups (broad SMARTS) is 1. The Kier molecular flexibility index (Phi) is 16.0. The Morgan fingerprint density at radius 3 is 1.64 bits per heavy atom. The second kappa shape index (κ2) is 15.9. The van der Waals surface area contributed by atoms with E-state index in [2.05, 4.69) is 6.92 Å². The van der Waals surface area contributed by atoms with Gasteiger partial charge in [0.25, 0.3) is 0 Å². The zero-order valence-corrected chi connectivity index (χ0v) is 15.7. The Morgan fingerprint density at radius 2 is 1.18 bits per heavy atom. The molecule has 0 aliphatic rings. The first-order chi connectivity index (χ1) is 10.6. The SMILES string of the molecule is CCCCCCCC[C@@H](Cl)[C@H](Cl)CCCCCCCC(=O)O. The van der Waals surface area contributed by atoms with Crippen LogP contribution in [0.15, 0.2) is 0 Å². The zero-order valence-electron chi connectivity index (χ0n) is 14.2. The first kappa shape index (κ1) is 22.1. The molecule has 4 heteroatoms. The van der Waals surface area contributed by atoms with Crippen molar-refractivity contribution in [2.24, 2.45) is 0 Å². The molecule has 132 valence electrons. The van der Waals surface area contributed by atoms with Crippen molar-refractivity contribution in [1.82, 2.24) is 0 Å². The molecule has 0 saturated carbocycles. The highest BCUT2D eigenvalue weighted by atomic mass is 35.5. The second-order valence-electron chi connectivity index (χ2n) is 6.29.